The van der Waals surface area contributed by atoms with Crippen LogP contribution in [0, 0.1) is 20.8 Å². The van der Waals surface area contributed by atoms with Crippen LogP contribution in [0.2, 0.25) is 5.02 Å². The molecule has 1 N–H and O–H groups in total. The molecule has 0 atom stereocenters. The monoisotopic (exact) mass is 341 g/mol. The van der Waals surface area contributed by atoms with Gasteiger partial charge in [-0.2, -0.15) is 0 Å². The van der Waals surface area contributed by atoms with Crippen LogP contribution in [0.5, 0.6) is 5.75 Å². The second kappa shape index (κ2) is 6.13. The molecule has 24 heavy (non-hydrogen) atoms. The molecule has 5 heteroatoms. The van der Waals surface area contributed by atoms with Gasteiger partial charge in [-0.15, -0.1) is 0 Å². The third kappa shape index (κ3) is 2.69. The predicted molar refractivity (Wildman–Crippen MR) is 94.5 cm³/mol. The van der Waals surface area contributed by atoms with Gasteiger partial charge in [0.2, 0.25) is 0 Å². The molecule has 0 aliphatic rings. The quantitative estimate of drug-likeness (QED) is 0.736. The molecule has 2 heterocycles. The van der Waals surface area contributed by atoms with Gasteiger partial charge in [-0.3, -0.25) is 4.98 Å². The van der Waals surface area contributed by atoms with Gasteiger partial charge in [0.05, 0.1) is 0 Å². The zero-order valence-corrected chi connectivity index (χ0v) is 14.3. The Labute approximate surface area is 144 Å². The Hall–Kier alpha value is -2.59. The number of pyridine rings is 1. The lowest BCUT2D eigenvalue weighted by Gasteiger charge is -2.12. The fourth-order valence-electron chi connectivity index (χ4n) is 2.56. The van der Waals surface area contributed by atoms with Crippen LogP contribution >= 0.6 is 11.6 Å². The summed E-state index contributed by atoms with van der Waals surface area (Å²) in [5, 5.41) is 11.0. The van der Waals surface area contributed by atoms with Gasteiger partial charge in [0.15, 0.2) is 5.76 Å². The number of rotatable bonds is 2. The van der Waals surface area contributed by atoms with Gasteiger partial charge < -0.3 is 9.52 Å². The number of hydrogen-bond acceptors (Lipinski definition) is 4. The molecule has 0 aliphatic heterocycles. The van der Waals surface area contributed by atoms with E-state index in [-0.39, 0.29) is 17.1 Å². The van der Waals surface area contributed by atoms with E-state index in [0.717, 1.165) is 11.1 Å². The number of aryl methyl sites for hydroxylation is 2. The second-order valence-electron chi connectivity index (χ2n) is 5.70. The molecule has 0 spiro atoms. The minimum absolute atomic E-state index is 0.0697. The molecule has 0 bridgehead atoms. The Morgan fingerprint density at radius 3 is 2.50 bits per heavy atom. The van der Waals surface area contributed by atoms with Gasteiger partial charge >= 0.3 is 5.63 Å². The van der Waals surface area contributed by atoms with Crippen molar-refractivity contribution < 1.29 is 9.52 Å². The SMILES string of the molecule is Cc1cc(Cl)c(-c2c(O)c(C)c(-c3ccccn3)oc2=O)cc1C. The van der Waals surface area contributed by atoms with Gasteiger partial charge in [-0.1, -0.05) is 17.7 Å². The first-order chi connectivity index (χ1) is 11.4. The normalized spacial score (nSPS) is 10.8. The molecule has 3 rings (SSSR count). The molecule has 4 nitrogen and oxygen atoms in total. The molecule has 0 fully saturated rings. The third-order valence-corrected chi connectivity index (χ3v) is 4.39. The zero-order chi connectivity index (χ0) is 17.4. The highest BCUT2D eigenvalue weighted by atomic mass is 35.5. The van der Waals surface area contributed by atoms with Gasteiger partial charge in [0.1, 0.15) is 17.0 Å². The summed E-state index contributed by atoms with van der Waals surface area (Å²) in [7, 11) is 0. The highest BCUT2D eigenvalue weighted by Crippen LogP contribution is 2.38. The first-order valence-electron chi connectivity index (χ1n) is 7.45. The van der Waals surface area contributed by atoms with Crippen molar-refractivity contribution in [3.05, 3.63) is 68.7 Å². The molecule has 0 radical (unpaired) electrons. The van der Waals surface area contributed by atoms with Crippen molar-refractivity contribution in [2.24, 2.45) is 0 Å². The van der Waals surface area contributed by atoms with Crippen LogP contribution in [0.1, 0.15) is 16.7 Å². The lowest BCUT2D eigenvalue weighted by atomic mass is 9.99. The maximum Gasteiger partial charge on any atom is 0.348 e. The van der Waals surface area contributed by atoms with Gasteiger partial charge in [0, 0.05) is 22.3 Å². The molecule has 0 amide bonds. The number of aromatic hydroxyl groups is 1. The lowest BCUT2D eigenvalue weighted by Crippen LogP contribution is -2.07. The molecule has 122 valence electrons. The van der Waals surface area contributed by atoms with Crippen molar-refractivity contribution >= 4 is 11.6 Å². The Morgan fingerprint density at radius 1 is 1.12 bits per heavy atom. The summed E-state index contributed by atoms with van der Waals surface area (Å²) in [6.07, 6.45) is 1.60. The van der Waals surface area contributed by atoms with E-state index in [1.165, 1.54) is 0 Å². The van der Waals surface area contributed by atoms with Crippen LogP contribution in [-0.2, 0) is 0 Å². The maximum absolute atomic E-state index is 12.5. The van der Waals surface area contributed by atoms with Crippen molar-refractivity contribution in [3.63, 3.8) is 0 Å². The molecule has 0 saturated heterocycles. The molecule has 2 aromatic heterocycles. The second-order valence-corrected chi connectivity index (χ2v) is 6.11. The summed E-state index contributed by atoms with van der Waals surface area (Å²) < 4.78 is 5.45. The Kier molecular flexibility index (Phi) is 4.16. The summed E-state index contributed by atoms with van der Waals surface area (Å²) in [6, 6.07) is 8.82. The predicted octanol–water partition coefficient (Wildman–Crippen LogP) is 4.65. The summed E-state index contributed by atoms with van der Waals surface area (Å²) in [6.45, 7) is 5.53. The molecule has 3 aromatic rings. The smallest absolute Gasteiger partial charge is 0.348 e. The summed E-state index contributed by atoms with van der Waals surface area (Å²) in [5.41, 5.74) is 2.79. The summed E-state index contributed by atoms with van der Waals surface area (Å²) in [4.78, 5) is 16.7. The minimum atomic E-state index is -0.649. The number of benzene rings is 1. The van der Waals surface area contributed by atoms with E-state index in [1.807, 2.05) is 13.8 Å². The highest BCUT2D eigenvalue weighted by molar-refractivity contribution is 6.33. The van der Waals surface area contributed by atoms with Crippen LogP contribution in [-0.4, -0.2) is 10.1 Å². The van der Waals surface area contributed by atoms with Crippen molar-refractivity contribution in [1.29, 1.82) is 0 Å². The van der Waals surface area contributed by atoms with E-state index < -0.39 is 5.63 Å². The molecular weight excluding hydrogens is 326 g/mol. The van der Waals surface area contributed by atoms with Crippen molar-refractivity contribution in [2.45, 2.75) is 20.8 Å². The van der Waals surface area contributed by atoms with Crippen LogP contribution in [0.25, 0.3) is 22.6 Å². The minimum Gasteiger partial charge on any atom is -0.507 e. The average molecular weight is 342 g/mol. The number of aromatic nitrogens is 1. The van der Waals surface area contributed by atoms with E-state index in [1.54, 1.807) is 43.5 Å². The van der Waals surface area contributed by atoms with Gasteiger partial charge in [-0.25, -0.2) is 4.79 Å². The first kappa shape index (κ1) is 16.3. The largest absolute Gasteiger partial charge is 0.507 e. The molecule has 0 unspecified atom stereocenters. The highest BCUT2D eigenvalue weighted by Gasteiger charge is 2.21. The summed E-state index contributed by atoms with van der Waals surface area (Å²) in [5.74, 6) is 0.110. The van der Waals surface area contributed by atoms with Gasteiger partial charge in [0.25, 0.3) is 0 Å². The molecule has 0 aliphatic carbocycles. The van der Waals surface area contributed by atoms with Crippen molar-refractivity contribution in [1.82, 2.24) is 4.98 Å². The number of hydrogen-bond donors (Lipinski definition) is 1. The van der Waals surface area contributed by atoms with Crippen molar-refractivity contribution in [3.8, 4) is 28.3 Å². The standard InChI is InChI=1S/C19H16ClNO3/c1-10-8-13(14(20)9-11(10)2)16-17(22)12(3)18(24-19(16)23)15-6-4-5-7-21-15/h4-9,22H,1-3H3. The molecule has 0 saturated carbocycles. The van der Waals surface area contributed by atoms with E-state index in [2.05, 4.69) is 4.98 Å². The number of halogens is 1. The summed E-state index contributed by atoms with van der Waals surface area (Å²) >= 11 is 6.29. The van der Waals surface area contributed by atoms with Gasteiger partial charge in [-0.05, 0) is 56.2 Å². The molecule has 1 aromatic carbocycles. The Balaban J connectivity index is 2.28. The van der Waals surface area contributed by atoms with Crippen LogP contribution < -0.4 is 5.63 Å². The molecular formula is C19H16ClNO3. The topological polar surface area (TPSA) is 63.3 Å². The number of nitrogens with zero attached hydrogens (tertiary/aromatic N) is 1. The lowest BCUT2D eigenvalue weighted by molar-refractivity contribution is 0.450. The van der Waals surface area contributed by atoms with Crippen LogP contribution in [0.15, 0.2) is 45.7 Å². The van der Waals surface area contributed by atoms with Crippen LogP contribution in [0.3, 0.4) is 0 Å². The third-order valence-electron chi connectivity index (χ3n) is 4.08. The van der Waals surface area contributed by atoms with E-state index >= 15 is 0 Å². The maximum atomic E-state index is 12.5. The average Bonchev–Trinajstić information content (AvgIpc) is 2.56. The Bertz CT molecular complexity index is 978. The van der Waals surface area contributed by atoms with E-state index in [4.69, 9.17) is 16.0 Å². The van der Waals surface area contributed by atoms with E-state index in [9.17, 15) is 9.90 Å². The van der Waals surface area contributed by atoms with Crippen molar-refractivity contribution in [2.75, 3.05) is 0 Å². The zero-order valence-electron chi connectivity index (χ0n) is 13.6. The fourth-order valence-corrected chi connectivity index (χ4v) is 2.88. The van der Waals surface area contributed by atoms with E-state index in [0.29, 0.717) is 21.8 Å². The fraction of sp³-hybridized carbons (Fsp3) is 0.158. The Morgan fingerprint density at radius 2 is 1.83 bits per heavy atom. The first-order valence-corrected chi connectivity index (χ1v) is 7.83. The van der Waals surface area contributed by atoms with Crippen LogP contribution in [0.4, 0.5) is 0 Å².